The Balaban J connectivity index is 1.87. The van der Waals surface area contributed by atoms with Gasteiger partial charge in [0.25, 0.3) is 0 Å². The lowest BCUT2D eigenvalue weighted by Gasteiger charge is -2.15. The average Bonchev–Trinajstić information content (AvgIpc) is 3.08. The number of benzene rings is 1. The van der Waals surface area contributed by atoms with Crippen molar-refractivity contribution in [2.24, 2.45) is 4.99 Å². The van der Waals surface area contributed by atoms with Crippen LogP contribution in [0.15, 0.2) is 27.7 Å². The van der Waals surface area contributed by atoms with Gasteiger partial charge in [-0.15, -0.1) is 0 Å². The summed E-state index contributed by atoms with van der Waals surface area (Å²) in [6.07, 6.45) is 4.78. The third-order valence-corrected chi connectivity index (χ3v) is 4.13. The summed E-state index contributed by atoms with van der Waals surface area (Å²) in [7, 11) is 1.73. The Hall–Kier alpha value is -2.57. The van der Waals surface area contributed by atoms with Crippen LogP contribution in [-0.4, -0.2) is 29.8 Å². The van der Waals surface area contributed by atoms with E-state index in [0.717, 1.165) is 24.3 Å². The molecule has 148 valence electrons. The molecule has 2 aromatic rings. The molecule has 27 heavy (non-hydrogen) atoms. The molecule has 0 fully saturated rings. The minimum absolute atomic E-state index is 0.450. The van der Waals surface area contributed by atoms with Crippen LogP contribution in [0, 0.1) is 13.8 Å². The van der Waals surface area contributed by atoms with Crippen LogP contribution >= 0.6 is 0 Å². The van der Waals surface area contributed by atoms with Crippen LogP contribution in [0.25, 0.3) is 0 Å². The van der Waals surface area contributed by atoms with Gasteiger partial charge in [-0.2, -0.15) is 4.98 Å². The third kappa shape index (κ3) is 7.29. The Bertz CT molecular complexity index is 727. The third-order valence-electron chi connectivity index (χ3n) is 4.13. The van der Waals surface area contributed by atoms with E-state index in [-0.39, 0.29) is 0 Å². The molecule has 0 saturated heterocycles. The lowest BCUT2D eigenvalue weighted by Crippen LogP contribution is -2.36. The number of nitrogens with zero attached hydrogens (tertiary/aromatic N) is 3. The highest BCUT2D eigenvalue weighted by molar-refractivity contribution is 5.79. The predicted molar refractivity (Wildman–Crippen MR) is 107 cm³/mol. The number of aliphatic imine (C=N–C) groups is 1. The van der Waals surface area contributed by atoms with Crippen LogP contribution in [-0.2, 0) is 13.1 Å². The van der Waals surface area contributed by atoms with Gasteiger partial charge in [0, 0.05) is 26.1 Å². The van der Waals surface area contributed by atoms with E-state index >= 15 is 0 Å². The van der Waals surface area contributed by atoms with Crippen molar-refractivity contribution in [1.29, 1.82) is 0 Å². The highest BCUT2D eigenvalue weighted by Gasteiger charge is 2.07. The summed E-state index contributed by atoms with van der Waals surface area (Å²) in [5.74, 6) is 2.76. The number of ether oxygens (including phenoxy) is 1. The number of guanidine groups is 1. The maximum absolute atomic E-state index is 6.03. The average molecular weight is 374 g/mol. The summed E-state index contributed by atoms with van der Waals surface area (Å²) in [6, 6.07) is 6.29. The van der Waals surface area contributed by atoms with Gasteiger partial charge in [0.2, 0.25) is 5.89 Å². The molecule has 0 bridgehead atoms. The molecule has 0 unspecified atom stereocenters. The van der Waals surface area contributed by atoms with Gasteiger partial charge in [-0.25, -0.2) is 0 Å². The van der Waals surface area contributed by atoms with Crippen LogP contribution in [0.2, 0.25) is 0 Å². The van der Waals surface area contributed by atoms with E-state index in [1.807, 2.05) is 0 Å². The van der Waals surface area contributed by atoms with Crippen molar-refractivity contribution in [1.82, 2.24) is 20.8 Å². The van der Waals surface area contributed by atoms with Gasteiger partial charge in [0.05, 0.1) is 13.2 Å². The Labute approximate surface area is 161 Å². The van der Waals surface area contributed by atoms with Crippen LogP contribution < -0.4 is 15.4 Å². The highest BCUT2D eigenvalue weighted by Crippen LogP contribution is 2.21. The summed E-state index contributed by atoms with van der Waals surface area (Å²) >= 11 is 0. The SMILES string of the molecule is CCCCCCOc1cc(C)ccc1CNC(=NC)NCc1noc(C)n1. The van der Waals surface area contributed by atoms with Gasteiger partial charge in [0.1, 0.15) is 5.75 Å². The van der Waals surface area contributed by atoms with E-state index in [9.17, 15) is 0 Å². The normalized spacial score (nSPS) is 11.5. The molecule has 0 aliphatic rings. The number of hydrogen-bond acceptors (Lipinski definition) is 5. The monoisotopic (exact) mass is 373 g/mol. The molecule has 1 aromatic heterocycles. The molecule has 2 rings (SSSR count). The van der Waals surface area contributed by atoms with Gasteiger partial charge >= 0.3 is 0 Å². The molecule has 1 heterocycles. The molecule has 7 nitrogen and oxygen atoms in total. The Morgan fingerprint density at radius 2 is 1.96 bits per heavy atom. The fourth-order valence-electron chi connectivity index (χ4n) is 2.63. The number of unbranched alkanes of at least 4 members (excludes halogenated alkanes) is 3. The molecule has 0 aliphatic carbocycles. The predicted octanol–water partition coefficient (Wildman–Crippen LogP) is 3.51. The van der Waals surface area contributed by atoms with E-state index in [1.165, 1.54) is 24.8 Å². The molecule has 0 amide bonds. The van der Waals surface area contributed by atoms with Crippen molar-refractivity contribution in [2.45, 2.75) is 59.5 Å². The molecule has 0 spiro atoms. The molecule has 0 radical (unpaired) electrons. The smallest absolute Gasteiger partial charge is 0.223 e. The minimum atomic E-state index is 0.450. The largest absolute Gasteiger partial charge is 0.493 e. The second kappa shape index (κ2) is 11.2. The second-order valence-corrected chi connectivity index (χ2v) is 6.53. The zero-order valence-corrected chi connectivity index (χ0v) is 16.8. The molecule has 7 heteroatoms. The summed E-state index contributed by atoms with van der Waals surface area (Å²) in [6.45, 7) is 7.88. The lowest BCUT2D eigenvalue weighted by atomic mass is 10.1. The fourth-order valence-corrected chi connectivity index (χ4v) is 2.63. The van der Waals surface area contributed by atoms with Gasteiger partial charge in [0.15, 0.2) is 11.8 Å². The van der Waals surface area contributed by atoms with Crippen molar-refractivity contribution in [2.75, 3.05) is 13.7 Å². The Morgan fingerprint density at radius 1 is 1.15 bits per heavy atom. The first kappa shape index (κ1) is 20.7. The van der Waals surface area contributed by atoms with E-state index in [2.05, 4.69) is 57.8 Å². The number of rotatable bonds is 10. The van der Waals surface area contributed by atoms with Crippen LogP contribution in [0.4, 0.5) is 0 Å². The summed E-state index contributed by atoms with van der Waals surface area (Å²) in [4.78, 5) is 8.41. The Morgan fingerprint density at radius 3 is 2.67 bits per heavy atom. The summed E-state index contributed by atoms with van der Waals surface area (Å²) in [5.41, 5.74) is 2.30. The van der Waals surface area contributed by atoms with Gasteiger partial charge in [-0.05, 0) is 25.0 Å². The zero-order chi connectivity index (χ0) is 19.5. The van der Waals surface area contributed by atoms with E-state index in [1.54, 1.807) is 14.0 Å². The number of aromatic nitrogens is 2. The fraction of sp³-hybridized carbons (Fsp3) is 0.550. The molecular weight excluding hydrogens is 342 g/mol. The second-order valence-electron chi connectivity index (χ2n) is 6.53. The number of aryl methyl sites for hydroxylation is 2. The maximum Gasteiger partial charge on any atom is 0.223 e. The quantitative estimate of drug-likeness (QED) is 0.377. The molecular formula is C20H31N5O2. The van der Waals surface area contributed by atoms with E-state index < -0.39 is 0 Å². The standard InChI is InChI=1S/C20H31N5O2/c1-5-6-7-8-11-26-18-12-15(2)9-10-17(18)13-22-20(21-4)23-14-19-24-16(3)27-25-19/h9-10,12H,5-8,11,13-14H2,1-4H3,(H2,21,22,23). The van der Waals surface area contributed by atoms with Crippen molar-refractivity contribution < 1.29 is 9.26 Å². The van der Waals surface area contributed by atoms with E-state index in [0.29, 0.717) is 30.8 Å². The van der Waals surface area contributed by atoms with E-state index in [4.69, 9.17) is 9.26 Å². The molecule has 0 atom stereocenters. The first-order valence-electron chi connectivity index (χ1n) is 9.58. The van der Waals surface area contributed by atoms with Crippen molar-refractivity contribution in [3.05, 3.63) is 41.0 Å². The first-order valence-corrected chi connectivity index (χ1v) is 9.58. The Kier molecular flexibility index (Phi) is 8.61. The minimum Gasteiger partial charge on any atom is -0.493 e. The van der Waals surface area contributed by atoms with Gasteiger partial charge in [-0.1, -0.05) is 43.5 Å². The van der Waals surface area contributed by atoms with Gasteiger partial charge < -0.3 is 19.9 Å². The lowest BCUT2D eigenvalue weighted by molar-refractivity contribution is 0.301. The van der Waals surface area contributed by atoms with Crippen LogP contribution in [0.3, 0.4) is 0 Å². The van der Waals surface area contributed by atoms with Crippen LogP contribution in [0.5, 0.6) is 5.75 Å². The van der Waals surface area contributed by atoms with Crippen molar-refractivity contribution >= 4 is 5.96 Å². The van der Waals surface area contributed by atoms with Crippen LogP contribution in [0.1, 0.15) is 55.4 Å². The number of nitrogens with one attached hydrogen (secondary N) is 2. The zero-order valence-electron chi connectivity index (χ0n) is 16.8. The highest BCUT2D eigenvalue weighted by atomic mass is 16.5. The number of hydrogen-bond donors (Lipinski definition) is 2. The molecule has 0 aliphatic heterocycles. The van der Waals surface area contributed by atoms with Crippen molar-refractivity contribution in [3.63, 3.8) is 0 Å². The maximum atomic E-state index is 6.03. The van der Waals surface area contributed by atoms with Crippen molar-refractivity contribution in [3.8, 4) is 5.75 Å². The van der Waals surface area contributed by atoms with Gasteiger partial charge in [-0.3, -0.25) is 4.99 Å². The first-order chi connectivity index (χ1) is 13.1. The summed E-state index contributed by atoms with van der Waals surface area (Å²) in [5, 5.41) is 10.4. The molecule has 2 N–H and O–H groups in total. The molecule has 1 aromatic carbocycles. The molecule has 0 saturated carbocycles. The summed E-state index contributed by atoms with van der Waals surface area (Å²) < 4.78 is 11.0. The topological polar surface area (TPSA) is 84.6 Å².